The fourth-order valence-electron chi connectivity index (χ4n) is 10.7. The van der Waals surface area contributed by atoms with Crippen molar-refractivity contribution in [1.82, 2.24) is 9.80 Å². The number of carbonyl (C=O) groups is 7. The van der Waals surface area contributed by atoms with Crippen molar-refractivity contribution in [2.24, 2.45) is 35.1 Å². The number of aromatic carboxylic acids is 1. The van der Waals surface area contributed by atoms with Gasteiger partial charge < -0.3 is 57.4 Å². The maximum Gasteiger partial charge on any atom is 0.335 e. The van der Waals surface area contributed by atoms with E-state index in [9.17, 15) is 79.5 Å². The lowest BCUT2D eigenvalue weighted by atomic mass is 9.57. The number of primary amides is 2. The van der Waals surface area contributed by atoms with Crippen molar-refractivity contribution < 1.29 is 79.5 Å². The topological polar surface area (TPSA) is 360 Å². The molecular formula is C43H43IN4O16. The minimum atomic E-state index is -2.73. The number of ketones is 4. The number of fused-ring (bicyclic) bond motifs is 6. The number of nitrogens with two attached hydrogens (primary N) is 2. The molecule has 0 aliphatic heterocycles. The third-order valence-corrected chi connectivity index (χ3v) is 14.4. The van der Waals surface area contributed by atoms with E-state index in [1.54, 1.807) is 20.2 Å². The quantitative estimate of drug-likeness (QED) is 0.141. The Labute approximate surface area is 376 Å². The normalized spacial score (nSPS) is 29.6. The van der Waals surface area contributed by atoms with Crippen LogP contribution in [0.3, 0.4) is 0 Å². The van der Waals surface area contributed by atoms with Crippen molar-refractivity contribution in [3.8, 4) is 11.5 Å². The van der Waals surface area contributed by atoms with Crippen LogP contribution >= 0.6 is 22.6 Å². The van der Waals surface area contributed by atoms with E-state index in [1.807, 2.05) is 0 Å². The number of carbonyl (C=O) groups excluding carboxylic acids is 6. The van der Waals surface area contributed by atoms with Crippen molar-refractivity contribution in [3.05, 3.63) is 89.5 Å². The first-order chi connectivity index (χ1) is 29.8. The summed E-state index contributed by atoms with van der Waals surface area (Å²) >= 11 is 2.07. The molecule has 8 rings (SSSR count). The average Bonchev–Trinajstić information content (AvgIpc) is 3.18. The second-order valence-corrected chi connectivity index (χ2v) is 18.3. The number of halogens is 1. The van der Waals surface area contributed by atoms with E-state index in [0.717, 1.165) is 9.64 Å². The number of aliphatic hydroxyl groups is 6. The largest absolute Gasteiger partial charge is 0.508 e. The Kier molecular flexibility index (Phi) is 11.1. The Bertz CT molecular complexity index is 2700. The molecule has 0 heterocycles. The van der Waals surface area contributed by atoms with Crippen LogP contribution in [-0.4, -0.2) is 148 Å². The summed E-state index contributed by atoms with van der Waals surface area (Å²) in [5.74, 6) is -15.5. The van der Waals surface area contributed by atoms with Gasteiger partial charge in [-0.2, -0.15) is 0 Å². The van der Waals surface area contributed by atoms with Gasteiger partial charge in [0, 0.05) is 26.6 Å². The molecule has 8 atom stereocenters. The standard InChI is InChI=1S/C22H22N2O9.C21H21IN2O7/c1-24(2)15-10-6-7-5-9-8(21(31)32)3-4-11(25)13(9)16(26)12(7)18(28)22(10,33)19(29)14(17(15)27)20(23)30;1-24(2)15-9-6-7-5-8-10(22)3-4-11(25)13(8)16(26)12(7)18(28)21(9,31)19(29)14(17(15)27)20(23)30/h3-4,7,10,15,25-26,29,33H,5-6H2,1-2H3,(H2,23,30)(H,31,32);3-4,7,9,15,25-26,29,31H,5-6H2,1-2H3,(H2,23,30)/t7-,10-,15?,22-;7-,9-,15?,21-/m00/s1. The van der Waals surface area contributed by atoms with Gasteiger partial charge in [0.05, 0.1) is 28.8 Å². The number of rotatable bonds is 5. The molecule has 2 amide bonds. The molecule has 21 heteroatoms. The van der Waals surface area contributed by atoms with E-state index in [0.29, 0.717) is 12.0 Å². The highest BCUT2D eigenvalue weighted by molar-refractivity contribution is 14.1. The number of aliphatic hydroxyl groups excluding tert-OH is 4. The number of hydrogen-bond acceptors (Lipinski definition) is 17. The highest BCUT2D eigenvalue weighted by Crippen LogP contribution is 2.55. The fourth-order valence-corrected chi connectivity index (χ4v) is 11.3. The van der Waals surface area contributed by atoms with Crippen molar-refractivity contribution in [1.29, 1.82) is 0 Å². The third-order valence-electron chi connectivity index (χ3n) is 13.4. The number of nitrogens with zero attached hydrogens (tertiary/aromatic N) is 2. The van der Waals surface area contributed by atoms with Crippen LogP contribution in [0.25, 0.3) is 11.5 Å². The zero-order valence-corrected chi connectivity index (χ0v) is 36.6. The Morgan fingerprint density at radius 3 is 1.39 bits per heavy atom. The van der Waals surface area contributed by atoms with Crippen LogP contribution in [0, 0.1) is 27.2 Å². The molecule has 2 aromatic rings. The molecule has 13 N–H and O–H groups in total. The second-order valence-electron chi connectivity index (χ2n) is 17.1. The molecule has 20 nitrogen and oxygen atoms in total. The van der Waals surface area contributed by atoms with Gasteiger partial charge in [-0.3, -0.25) is 38.6 Å². The summed E-state index contributed by atoms with van der Waals surface area (Å²) in [5.41, 5.74) is 3.43. The van der Waals surface area contributed by atoms with Crippen molar-refractivity contribution in [2.75, 3.05) is 28.2 Å². The summed E-state index contributed by atoms with van der Waals surface area (Å²) in [6.07, 6.45) is 0.184. The Hall–Kier alpha value is -6.14. The van der Waals surface area contributed by atoms with Crippen LogP contribution in [0.15, 0.2) is 58.1 Å². The molecule has 0 aromatic heterocycles. The highest BCUT2D eigenvalue weighted by atomic mass is 127. The number of aromatic hydroxyl groups is 2. The van der Waals surface area contributed by atoms with Crippen molar-refractivity contribution >= 4 is 75.0 Å². The van der Waals surface area contributed by atoms with E-state index in [4.69, 9.17) is 11.5 Å². The smallest absolute Gasteiger partial charge is 0.335 e. The van der Waals surface area contributed by atoms with Gasteiger partial charge in [-0.1, -0.05) is 0 Å². The van der Waals surface area contributed by atoms with Crippen LogP contribution in [0.1, 0.15) is 45.5 Å². The third kappa shape index (κ3) is 6.26. The number of phenolic OH excluding ortho intramolecular Hbond substituents is 2. The molecule has 2 saturated carbocycles. The summed E-state index contributed by atoms with van der Waals surface area (Å²) in [5, 5.41) is 96.4. The Morgan fingerprint density at radius 1 is 0.641 bits per heavy atom. The SMILES string of the molecule is CN(C)C1C(=O)C(C(N)=O)=C(O)[C@@]2(O)C(=O)C3=C(O)c4c(O)ccc(C(=O)O)c4C[C@H]3C[C@@H]12.CN(C)C1C(=O)C(C(N)=O)=C(O)[C@@]2(O)C(=O)C3=C(O)c4c(O)ccc(I)c4C[C@H]3C[C@@H]12. The highest BCUT2D eigenvalue weighted by Gasteiger charge is 2.66. The molecule has 6 aliphatic rings. The maximum absolute atomic E-state index is 13.6. The van der Waals surface area contributed by atoms with Gasteiger partial charge in [-0.15, -0.1) is 0 Å². The van der Waals surface area contributed by atoms with Crippen LogP contribution in [0.4, 0.5) is 0 Å². The summed E-state index contributed by atoms with van der Waals surface area (Å²) in [6.45, 7) is 0. The van der Waals surface area contributed by atoms with Gasteiger partial charge in [-0.05, 0) is 124 Å². The lowest BCUT2D eigenvalue weighted by molar-refractivity contribution is -0.155. The number of carboxylic acid groups (broad SMARTS) is 1. The van der Waals surface area contributed by atoms with Crippen molar-refractivity contribution in [3.63, 3.8) is 0 Å². The average molecular weight is 999 g/mol. The molecular weight excluding hydrogens is 955 g/mol. The number of amides is 2. The van der Waals surface area contributed by atoms with Gasteiger partial charge in [0.1, 0.15) is 45.7 Å². The first-order valence-electron chi connectivity index (χ1n) is 19.6. The molecule has 2 unspecified atom stereocenters. The molecule has 2 fully saturated rings. The number of likely N-dealkylation sites (N-methyl/N-ethyl adjacent to an activating group) is 2. The monoisotopic (exact) mass is 998 g/mol. The first-order valence-corrected chi connectivity index (χ1v) is 20.7. The van der Waals surface area contributed by atoms with Crippen LogP contribution in [0.5, 0.6) is 11.5 Å². The fraction of sp³-hybridized carbons (Fsp3) is 0.372. The minimum absolute atomic E-state index is 0.0788. The molecule has 64 heavy (non-hydrogen) atoms. The summed E-state index contributed by atoms with van der Waals surface area (Å²) in [7, 11) is 6.12. The number of phenols is 2. The van der Waals surface area contributed by atoms with E-state index < -0.39 is 128 Å². The van der Waals surface area contributed by atoms with Gasteiger partial charge in [0.15, 0.2) is 22.8 Å². The van der Waals surface area contributed by atoms with E-state index >= 15 is 0 Å². The molecule has 0 spiro atoms. The summed E-state index contributed by atoms with van der Waals surface area (Å²) in [6, 6.07) is 3.04. The molecule has 0 saturated heterocycles. The van der Waals surface area contributed by atoms with Gasteiger partial charge in [0.25, 0.3) is 11.8 Å². The molecule has 0 radical (unpaired) electrons. The van der Waals surface area contributed by atoms with E-state index in [-0.39, 0.29) is 58.4 Å². The predicted molar refractivity (Wildman–Crippen MR) is 228 cm³/mol. The zero-order valence-electron chi connectivity index (χ0n) is 34.4. The Morgan fingerprint density at radius 2 is 1.02 bits per heavy atom. The number of carboxylic acids is 1. The van der Waals surface area contributed by atoms with Gasteiger partial charge in [-0.25, -0.2) is 4.79 Å². The predicted octanol–water partition coefficient (Wildman–Crippen LogP) is 0.231. The summed E-state index contributed by atoms with van der Waals surface area (Å²) in [4.78, 5) is 91.5. The molecule has 338 valence electrons. The zero-order chi connectivity index (χ0) is 47.6. The van der Waals surface area contributed by atoms with E-state index in [2.05, 4.69) is 22.6 Å². The van der Waals surface area contributed by atoms with Crippen LogP contribution in [-0.2, 0) is 41.6 Å². The van der Waals surface area contributed by atoms with Crippen LogP contribution < -0.4 is 11.5 Å². The minimum Gasteiger partial charge on any atom is -0.508 e. The number of Topliss-reactive ketones (excluding diaryl/α,β-unsaturated/α-hetero) is 4. The Balaban J connectivity index is 0.000000192. The number of hydrogen-bond donors (Lipinski definition) is 11. The molecule has 0 bridgehead atoms. The second kappa shape index (κ2) is 15.5. The van der Waals surface area contributed by atoms with E-state index in [1.165, 1.54) is 36.0 Å². The maximum atomic E-state index is 13.6. The van der Waals surface area contributed by atoms with Gasteiger partial charge in [0.2, 0.25) is 11.6 Å². The first kappa shape index (κ1) is 45.9. The lowest BCUT2D eigenvalue weighted by Gasteiger charge is -2.50. The molecule has 6 aliphatic carbocycles. The van der Waals surface area contributed by atoms with Crippen LogP contribution in [0.2, 0.25) is 0 Å². The molecule has 2 aromatic carbocycles. The number of benzene rings is 2. The van der Waals surface area contributed by atoms with Gasteiger partial charge >= 0.3 is 5.97 Å². The summed E-state index contributed by atoms with van der Waals surface area (Å²) < 4.78 is 0.784. The lowest BCUT2D eigenvalue weighted by Crippen LogP contribution is -2.65. The van der Waals surface area contributed by atoms with Crippen molar-refractivity contribution in [2.45, 2.75) is 49.0 Å².